The molecule has 1 aliphatic rings. The Bertz CT molecular complexity index is 1300. The molecule has 0 spiro atoms. The largest absolute Gasteiger partial charge is 0.485 e. The van der Waals surface area contributed by atoms with Crippen molar-refractivity contribution in [3.8, 4) is 11.5 Å². The highest BCUT2D eigenvalue weighted by atomic mass is 16.5. The zero-order valence-electron chi connectivity index (χ0n) is 18.0. The molecule has 5 rings (SSSR count). The summed E-state index contributed by atoms with van der Waals surface area (Å²) in [7, 11) is 0. The molecular weight excluding hydrogens is 410 g/mol. The van der Waals surface area contributed by atoms with E-state index in [1.807, 2.05) is 109 Å². The zero-order valence-corrected chi connectivity index (χ0v) is 18.0. The molecule has 0 saturated heterocycles. The van der Waals surface area contributed by atoms with Gasteiger partial charge in [0.1, 0.15) is 13.2 Å². The molecule has 1 heterocycles. The molecule has 4 heteroatoms. The van der Waals surface area contributed by atoms with E-state index in [-0.39, 0.29) is 5.91 Å². The van der Waals surface area contributed by atoms with Gasteiger partial charge in [0, 0.05) is 16.8 Å². The molecular formula is C29H23NO3. The molecule has 162 valence electrons. The van der Waals surface area contributed by atoms with Crippen LogP contribution in [0.4, 0.5) is 5.69 Å². The number of hydrogen-bond donors (Lipinski definition) is 1. The smallest absolute Gasteiger partial charge is 0.256 e. The van der Waals surface area contributed by atoms with Gasteiger partial charge < -0.3 is 14.8 Å². The summed E-state index contributed by atoms with van der Waals surface area (Å²) >= 11 is 0. The van der Waals surface area contributed by atoms with Crippen molar-refractivity contribution in [1.29, 1.82) is 0 Å². The molecule has 33 heavy (non-hydrogen) atoms. The average Bonchev–Trinajstić information content (AvgIpc) is 3.18. The van der Waals surface area contributed by atoms with Crippen molar-refractivity contribution in [2.45, 2.75) is 13.2 Å². The minimum atomic E-state index is -0.104. The van der Waals surface area contributed by atoms with Crippen molar-refractivity contribution in [2.24, 2.45) is 0 Å². The Morgan fingerprint density at radius 1 is 0.667 bits per heavy atom. The number of amides is 1. The number of ether oxygens (including phenoxy) is 2. The minimum absolute atomic E-state index is 0.104. The third-order valence-electron chi connectivity index (χ3n) is 5.46. The van der Waals surface area contributed by atoms with E-state index in [1.54, 1.807) is 0 Å². The van der Waals surface area contributed by atoms with Gasteiger partial charge >= 0.3 is 0 Å². The van der Waals surface area contributed by atoms with E-state index < -0.39 is 0 Å². The minimum Gasteiger partial charge on any atom is -0.485 e. The van der Waals surface area contributed by atoms with Crippen LogP contribution in [0.1, 0.15) is 22.3 Å². The number of rotatable bonds is 7. The van der Waals surface area contributed by atoms with Gasteiger partial charge in [-0.3, -0.25) is 4.79 Å². The van der Waals surface area contributed by atoms with Gasteiger partial charge in [0.15, 0.2) is 11.5 Å². The summed E-state index contributed by atoms with van der Waals surface area (Å²) in [4.78, 5) is 12.5. The normalized spacial score (nSPS) is 13.5. The van der Waals surface area contributed by atoms with Gasteiger partial charge in [0.25, 0.3) is 5.91 Å². The van der Waals surface area contributed by atoms with Gasteiger partial charge in [0.2, 0.25) is 0 Å². The second kappa shape index (κ2) is 9.45. The molecule has 4 aromatic carbocycles. The van der Waals surface area contributed by atoms with Crippen molar-refractivity contribution in [3.05, 3.63) is 125 Å². The van der Waals surface area contributed by atoms with Gasteiger partial charge in [0.05, 0.1) is 0 Å². The molecule has 0 bridgehead atoms. The number of carbonyl (C=O) groups is 1. The SMILES string of the molecule is O=C1Nc2ccccc2/C1=C/c1ccc(OCc2ccccc2)c(OCc2ccccc2)c1. The monoisotopic (exact) mass is 433 g/mol. The van der Waals surface area contributed by atoms with Gasteiger partial charge in [-0.1, -0.05) is 84.9 Å². The molecule has 1 aliphatic heterocycles. The number of fused-ring (bicyclic) bond motifs is 1. The summed E-state index contributed by atoms with van der Waals surface area (Å²) < 4.78 is 12.2. The summed E-state index contributed by atoms with van der Waals surface area (Å²) in [6, 6.07) is 33.5. The lowest BCUT2D eigenvalue weighted by Crippen LogP contribution is -2.03. The van der Waals surface area contributed by atoms with Crippen LogP contribution in [0.3, 0.4) is 0 Å². The maximum absolute atomic E-state index is 12.5. The Balaban J connectivity index is 1.44. The second-order valence-electron chi connectivity index (χ2n) is 7.81. The van der Waals surface area contributed by atoms with Gasteiger partial charge in [-0.2, -0.15) is 0 Å². The van der Waals surface area contributed by atoms with E-state index >= 15 is 0 Å². The number of benzene rings is 4. The summed E-state index contributed by atoms with van der Waals surface area (Å²) in [5, 5.41) is 2.92. The van der Waals surface area contributed by atoms with Crippen molar-refractivity contribution in [2.75, 3.05) is 5.32 Å². The first-order valence-corrected chi connectivity index (χ1v) is 10.9. The Morgan fingerprint density at radius 2 is 1.27 bits per heavy atom. The van der Waals surface area contributed by atoms with Gasteiger partial charge in [-0.15, -0.1) is 0 Å². The second-order valence-corrected chi connectivity index (χ2v) is 7.81. The highest BCUT2D eigenvalue weighted by molar-refractivity contribution is 6.34. The molecule has 1 N–H and O–H groups in total. The van der Waals surface area contributed by atoms with Crippen molar-refractivity contribution in [1.82, 2.24) is 0 Å². The number of para-hydroxylation sites is 1. The molecule has 0 aromatic heterocycles. The summed E-state index contributed by atoms with van der Waals surface area (Å²) in [6.45, 7) is 0.866. The van der Waals surface area contributed by atoms with Crippen LogP contribution in [0, 0.1) is 0 Å². The number of nitrogens with one attached hydrogen (secondary N) is 1. The van der Waals surface area contributed by atoms with Crippen LogP contribution in [0.15, 0.2) is 103 Å². The molecule has 0 fully saturated rings. The Kier molecular flexibility index (Phi) is 5.89. The maximum atomic E-state index is 12.5. The van der Waals surface area contributed by atoms with Crippen LogP contribution in [-0.4, -0.2) is 5.91 Å². The summed E-state index contributed by atoms with van der Waals surface area (Å²) in [6.07, 6.45) is 1.89. The van der Waals surface area contributed by atoms with E-state index in [2.05, 4.69) is 5.32 Å². The maximum Gasteiger partial charge on any atom is 0.256 e. The molecule has 0 saturated carbocycles. The Morgan fingerprint density at radius 3 is 1.97 bits per heavy atom. The molecule has 4 aromatic rings. The number of anilines is 1. The lowest BCUT2D eigenvalue weighted by Gasteiger charge is -2.14. The fourth-order valence-electron chi connectivity index (χ4n) is 3.77. The van der Waals surface area contributed by atoms with E-state index in [0.29, 0.717) is 30.3 Å². The first kappa shape index (κ1) is 20.6. The van der Waals surface area contributed by atoms with Crippen molar-refractivity contribution in [3.63, 3.8) is 0 Å². The first-order chi connectivity index (χ1) is 16.3. The van der Waals surface area contributed by atoms with Crippen LogP contribution >= 0.6 is 0 Å². The van der Waals surface area contributed by atoms with Crippen LogP contribution in [0.2, 0.25) is 0 Å². The molecule has 0 radical (unpaired) electrons. The fourth-order valence-corrected chi connectivity index (χ4v) is 3.77. The lowest BCUT2D eigenvalue weighted by molar-refractivity contribution is -0.110. The topological polar surface area (TPSA) is 47.6 Å². The van der Waals surface area contributed by atoms with E-state index in [9.17, 15) is 4.79 Å². The van der Waals surface area contributed by atoms with Crippen molar-refractivity contribution < 1.29 is 14.3 Å². The number of hydrogen-bond acceptors (Lipinski definition) is 3. The predicted octanol–water partition coefficient (Wildman–Crippen LogP) is 6.34. The highest BCUT2D eigenvalue weighted by Crippen LogP contribution is 2.35. The van der Waals surface area contributed by atoms with Gasteiger partial charge in [-0.05, 0) is 41.0 Å². The highest BCUT2D eigenvalue weighted by Gasteiger charge is 2.23. The molecule has 4 nitrogen and oxygen atoms in total. The van der Waals surface area contributed by atoms with Crippen LogP contribution < -0.4 is 14.8 Å². The molecule has 0 unspecified atom stereocenters. The first-order valence-electron chi connectivity index (χ1n) is 10.9. The van der Waals surface area contributed by atoms with E-state index in [1.165, 1.54) is 0 Å². The molecule has 1 amide bonds. The van der Waals surface area contributed by atoms with E-state index in [0.717, 1.165) is 27.9 Å². The van der Waals surface area contributed by atoms with Crippen molar-refractivity contribution >= 4 is 23.2 Å². The summed E-state index contributed by atoms with van der Waals surface area (Å²) in [5.74, 6) is 1.19. The molecule has 0 aliphatic carbocycles. The van der Waals surface area contributed by atoms with Crippen LogP contribution in [0.5, 0.6) is 11.5 Å². The molecule has 0 atom stereocenters. The Labute approximate surface area is 193 Å². The van der Waals surface area contributed by atoms with Gasteiger partial charge in [-0.25, -0.2) is 0 Å². The average molecular weight is 434 g/mol. The van der Waals surface area contributed by atoms with E-state index in [4.69, 9.17) is 9.47 Å². The summed E-state index contributed by atoms with van der Waals surface area (Å²) in [5.41, 5.74) is 5.39. The predicted molar refractivity (Wildman–Crippen MR) is 131 cm³/mol. The Hall–Kier alpha value is -4.31. The quantitative estimate of drug-likeness (QED) is 0.346. The number of carbonyl (C=O) groups excluding carboxylic acids is 1. The fraction of sp³-hybridized carbons (Fsp3) is 0.0690. The lowest BCUT2D eigenvalue weighted by atomic mass is 10.0. The standard InChI is InChI=1S/C29H23NO3/c31-29-25(24-13-7-8-14-26(24)30-29)17-23-15-16-27(32-19-21-9-3-1-4-10-21)28(18-23)33-20-22-11-5-2-6-12-22/h1-18H,19-20H2,(H,30,31)/b25-17-. The van der Waals surface area contributed by atoms with Crippen LogP contribution in [-0.2, 0) is 18.0 Å². The van der Waals surface area contributed by atoms with Crippen LogP contribution in [0.25, 0.3) is 11.6 Å². The third-order valence-corrected chi connectivity index (χ3v) is 5.46. The third kappa shape index (κ3) is 4.80. The zero-order chi connectivity index (χ0) is 22.5.